The van der Waals surface area contributed by atoms with E-state index in [1.807, 2.05) is 34.7 Å². The Morgan fingerprint density at radius 3 is 2.86 bits per heavy atom. The van der Waals surface area contributed by atoms with Crippen molar-refractivity contribution in [3.63, 3.8) is 0 Å². The van der Waals surface area contributed by atoms with E-state index in [0.29, 0.717) is 10.0 Å². The molecule has 0 bridgehead atoms. The van der Waals surface area contributed by atoms with Crippen LogP contribution in [0.15, 0.2) is 36.9 Å². The molecule has 1 fully saturated rings. The first-order valence-corrected chi connectivity index (χ1v) is 8.06. The molecule has 0 spiro atoms. The summed E-state index contributed by atoms with van der Waals surface area (Å²) in [5.41, 5.74) is 1.04. The Labute approximate surface area is 139 Å². The second-order valence-electron chi connectivity index (χ2n) is 5.55. The lowest BCUT2D eigenvalue weighted by atomic mass is 10.0. The lowest BCUT2D eigenvalue weighted by Crippen LogP contribution is -2.35. The predicted octanol–water partition coefficient (Wildman–Crippen LogP) is 4.11. The number of halogens is 2. The Balaban J connectivity index is 1.83. The quantitative estimate of drug-likeness (QED) is 0.845. The van der Waals surface area contributed by atoms with E-state index in [9.17, 15) is 4.79 Å². The zero-order valence-corrected chi connectivity index (χ0v) is 13.8. The zero-order valence-electron chi connectivity index (χ0n) is 12.2. The molecule has 1 aromatic carbocycles. The number of benzene rings is 1. The van der Waals surface area contributed by atoms with Crippen LogP contribution in [-0.2, 0) is 4.79 Å². The molecule has 0 unspecified atom stereocenters. The molecule has 6 heteroatoms. The second kappa shape index (κ2) is 6.31. The maximum absolute atomic E-state index is 12.8. The summed E-state index contributed by atoms with van der Waals surface area (Å²) >= 11 is 12.1. The van der Waals surface area contributed by atoms with E-state index < -0.39 is 0 Å². The summed E-state index contributed by atoms with van der Waals surface area (Å²) in [6.45, 7) is 2.66. The number of hydrogen-bond acceptors (Lipinski definition) is 2. The van der Waals surface area contributed by atoms with Crippen molar-refractivity contribution in [1.82, 2.24) is 14.5 Å². The van der Waals surface area contributed by atoms with Crippen LogP contribution in [0.3, 0.4) is 0 Å². The highest BCUT2D eigenvalue weighted by Crippen LogP contribution is 2.36. The maximum Gasteiger partial charge on any atom is 0.245 e. The van der Waals surface area contributed by atoms with Crippen molar-refractivity contribution in [1.29, 1.82) is 0 Å². The van der Waals surface area contributed by atoms with E-state index in [0.717, 1.165) is 24.9 Å². The highest BCUT2D eigenvalue weighted by molar-refractivity contribution is 6.42. The molecule has 0 radical (unpaired) electrons. The fourth-order valence-corrected chi connectivity index (χ4v) is 3.27. The molecular weight excluding hydrogens is 321 g/mol. The fraction of sp³-hybridized carbons (Fsp3) is 0.375. The Hall–Kier alpha value is -1.52. The largest absolute Gasteiger partial charge is 0.334 e. The van der Waals surface area contributed by atoms with Gasteiger partial charge in [-0.2, -0.15) is 0 Å². The highest BCUT2D eigenvalue weighted by Gasteiger charge is 2.33. The molecule has 1 saturated heterocycles. The lowest BCUT2D eigenvalue weighted by molar-refractivity contribution is -0.135. The van der Waals surface area contributed by atoms with Crippen LogP contribution in [0.25, 0.3) is 0 Å². The summed E-state index contributed by atoms with van der Waals surface area (Å²) in [7, 11) is 0. The third-order valence-corrected chi connectivity index (χ3v) is 4.93. The van der Waals surface area contributed by atoms with Gasteiger partial charge in [-0.25, -0.2) is 4.98 Å². The minimum atomic E-state index is -0.258. The first-order valence-electron chi connectivity index (χ1n) is 7.31. The number of amides is 1. The summed E-state index contributed by atoms with van der Waals surface area (Å²) in [6, 6.07) is 5.41. The van der Waals surface area contributed by atoms with Gasteiger partial charge in [0.1, 0.15) is 6.04 Å². The van der Waals surface area contributed by atoms with Crippen LogP contribution in [-0.4, -0.2) is 26.9 Å². The number of aromatic nitrogens is 2. The van der Waals surface area contributed by atoms with Crippen LogP contribution in [0, 0.1) is 0 Å². The molecule has 2 aromatic rings. The average Bonchev–Trinajstić information content (AvgIpc) is 3.19. The van der Waals surface area contributed by atoms with Gasteiger partial charge in [-0.15, -0.1) is 0 Å². The van der Waals surface area contributed by atoms with E-state index in [1.165, 1.54) is 0 Å². The SMILES string of the molecule is C[C@H](C(=O)N1CCC[C@H]1c1ccc(Cl)c(Cl)c1)n1ccnc1. The molecule has 2 heterocycles. The number of nitrogens with zero attached hydrogens (tertiary/aromatic N) is 3. The molecule has 1 aliphatic rings. The van der Waals surface area contributed by atoms with Crippen molar-refractivity contribution >= 4 is 29.1 Å². The molecule has 1 aliphatic heterocycles. The van der Waals surface area contributed by atoms with Crippen molar-refractivity contribution in [3.05, 3.63) is 52.5 Å². The molecular formula is C16H17Cl2N3O. The van der Waals surface area contributed by atoms with E-state index >= 15 is 0 Å². The van der Waals surface area contributed by atoms with Gasteiger partial charge in [0.2, 0.25) is 5.91 Å². The third kappa shape index (κ3) is 2.85. The number of likely N-dealkylation sites (tertiary alicyclic amines) is 1. The molecule has 0 aliphatic carbocycles. The van der Waals surface area contributed by atoms with Gasteiger partial charge in [-0.3, -0.25) is 4.79 Å². The van der Waals surface area contributed by atoms with E-state index in [4.69, 9.17) is 23.2 Å². The topological polar surface area (TPSA) is 38.1 Å². The standard InChI is InChI=1S/C16H17Cl2N3O/c1-11(20-8-6-19-10-20)16(22)21-7-2-3-15(21)12-4-5-13(17)14(18)9-12/h4-6,8-11,15H,2-3,7H2,1H3/t11-,15+/m1/s1. The molecule has 3 rings (SSSR count). The summed E-state index contributed by atoms with van der Waals surface area (Å²) in [5, 5.41) is 1.06. The Morgan fingerprint density at radius 1 is 1.36 bits per heavy atom. The molecule has 1 amide bonds. The van der Waals surface area contributed by atoms with Gasteiger partial charge in [0.15, 0.2) is 0 Å². The van der Waals surface area contributed by atoms with Gasteiger partial charge in [-0.05, 0) is 37.5 Å². The second-order valence-corrected chi connectivity index (χ2v) is 6.36. The van der Waals surface area contributed by atoms with Gasteiger partial charge in [0, 0.05) is 18.9 Å². The molecule has 4 nitrogen and oxygen atoms in total. The first-order chi connectivity index (χ1) is 10.6. The van der Waals surface area contributed by atoms with Crippen LogP contribution in [0.1, 0.15) is 37.4 Å². The van der Waals surface area contributed by atoms with Crippen LogP contribution < -0.4 is 0 Å². The number of rotatable bonds is 3. The number of carbonyl (C=O) groups excluding carboxylic acids is 1. The summed E-state index contributed by atoms with van der Waals surface area (Å²) in [6.07, 6.45) is 7.11. The molecule has 0 saturated carbocycles. The van der Waals surface area contributed by atoms with Crippen LogP contribution in [0.2, 0.25) is 10.0 Å². The normalized spacial score (nSPS) is 19.4. The van der Waals surface area contributed by atoms with Crippen molar-refractivity contribution in [2.75, 3.05) is 6.54 Å². The van der Waals surface area contributed by atoms with Crippen LogP contribution >= 0.6 is 23.2 Å². The Kier molecular flexibility index (Phi) is 4.41. The summed E-state index contributed by atoms with van der Waals surface area (Å²) in [4.78, 5) is 18.7. The maximum atomic E-state index is 12.8. The van der Waals surface area contributed by atoms with Gasteiger partial charge >= 0.3 is 0 Å². The van der Waals surface area contributed by atoms with Crippen molar-refractivity contribution in [2.24, 2.45) is 0 Å². The van der Waals surface area contributed by atoms with Crippen LogP contribution in [0.4, 0.5) is 0 Å². The molecule has 116 valence electrons. The minimum Gasteiger partial charge on any atom is -0.334 e. The van der Waals surface area contributed by atoms with Crippen molar-refractivity contribution < 1.29 is 4.79 Å². The molecule has 2 atom stereocenters. The molecule has 22 heavy (non-hydrogen) atoms. The number of hydrogen-bond donors (Lipinski definition) is 0. The third-order valence-electron chi connectivity index (χ3n) is 4.19. The molecule has 0 N–H and O–H groups in total. The van der Waals surface area contributed by atoms with Gasteiger partial charge < -0.3 is 9.47 Å². The van der Waals surface area contributed by atoms with E-state index in [-0.39, 0.29) is 18.0 Å². The summed E-state index contributed by atoms with van der Waals surface area (Å²) in [5.74, 6) is 0.103. The first kappa shape index (κ1) is 15.4. The Morgan fingerprint density at radius 2 is 2.18 bits per heavy atom. The average molecular weight is 338 g/mol. The highest BCUT2D eigenvalue weighted by atomic mass is 35.5. The minimum absolute atomic E-state index is 0.0632. The van der Waals surface area contributed by atoms with E-state index in [1.54, 1.807) is 18.6 Å². The fourth-order valence-electron chi connectivity index (χ4n) is 2.96. The Bertz CT molecular complexity index is 672. The van der Waals surface area contributed by atoms with Crippen molar-refractivity contribution in [2.45, 2.75) is 31.8 Å². The molecule has 1 aromatic heterocycles. The smallest absolute Gasteiger partial charge is 0.245 e. The number of imidazole rings is 1. The lowest BCUT2D eigenvalue weighted by Gasteiger charge is -2.28. The van der Waals surface area contributed by atoms with Gasteiger partial charge in [-0.1, -0.05) is 29.3 Å². The zero-order chi connectivity index (χ0) is 15.7. The predicted molar refractivity (Wildman–Crippen MR) is 87.1 cm³/mol. The monoisotopic (exact) mass is 337 g/mol. The summed E-state index contributed by atoms with van der Waals surface area (Å²) < 4.78 is 1.83. The van der Waals surface area contributed by atoms with E-state index in [2.05, 4.69) is 4.98 Å². The van der Waals surface area contributed by atoms with Gasteiger partial charge in [0.05, 0.1) is 22.4 Å². The van der Waals surface area contributed by atoms with Gasteiger partial charge in [0.25, 0.3) is 0 Å². The number of carbonyl (C=O) groups is 1. The van der Waals surface area contributed by atoms with Crippen LogP contribution in [0.5, 0.6) is 0 Å². The van der Waals surface area contributed by atoms with Crippen molar-refractivity contribution in [3.8, 4) is 0 Å².